The van der Waals surface area contributed by atoms with Crippen molar-refractivity contribution in [2.24, 2.45) is 0 Å². The van der Waals surface area contributed by atoms with Crippen LogP contribution in [0.5, 0.6) is 23.0 Å². The zero-order chi connectivity index (χ0) is 37.6. The first-order chi connectivity index (χ1) is 26.2. The van der Waals surface area contributed by atoms with Crippen LogP contribution in [0.4, 0.5) is 46.3 Å². The van der Waals surface area contributed by atoms with Gasteiger partial charge in [-0.25, -0.2) is 14.8 Å². The van der Waals surface area contributed by atoms with Crippen LogP contribution in [0.25, 0.3) is 0 Å². The number of ether oxygens (including phenoxy) is 4. The number of nitrogens with zero attached hydrogens (tertiary/aromatic N) is 4. The minimum atomic E-state index is -1.01. The van der Waals surface area contributed by atoms with E-state index in [4.69, 9.17) is 58.9 Å². The molecule has 15 nitrogen and oxygen atoms in total. The van der Waals surface area contributed by atoms with Crippen molar-refractivity contribution in [1.82, 2.24) is 19.9 Å². The molecule has 0 bridgehead atoms. The minimum Gasteiger partial charge on any atom is -0.478 e. The number of hydrogen-bond donors (Lipinski definition) is 5. The molecule has 54 heavy (non-hydrogen) atoms. The number of carbonyl (C=O) groups excluding carboxylic acids is 1. The van der Waals surface area contributed by atoms with E-state index in [0.29, 0.717) is 84.9 Å². The lowest BCUT2D eigenvalue weighted by Crippen LogP contribution is -2.02. The molecule has 2 aliphatic rings. The van der Waals surface area contributed by atoms with Crippen LogP contribution in [0, 0.1) is 0 Å². The molecule has 2 aliphatic heterocycles. The predicted octanol–water partition coefficient (Wildman–Crippen LogP) is 8.77. The van der Waals surface area contributed by atoms with Gasteiger partial charge in [0.25, 0.3) is 5.24 Å². The monoisotopic (exact) mass is 786 g/mol. The highest BCUT2D eigenvalue weighted by molar-refractivity contribution is 6.67. The Kier molecular flexibility index (Phi) is 10.6. The lowest BCUT2D eigenvalue weighted by Gasteiger charge is -2.12. The van der Waals surface area contributed by atoms with Gasteiger partial charge in [0.05, 0.1) is 15.6 Å². The van der Waals surface area contributed by atoms with Crippen molar-refractivity contribution in [1.29, 1.82) is 0 Å². The van der Waals surface area contributed by atoms with Crippen molar-refractivity contribution in [3.8, 4) is 23.0 Å². The van der Waals surface area contributed by atoms with Gasteiger partial charge in [0, 0.05) is 29.3 Å². The Hall–Kier alpha value is -6.55. The van der Waals surface area contributed by atoms with E-state index in [9.17, 15) is 9.59 Å². The van der Waals surface area contributed by atoms with E-state index < -0.39 is 11.2 Å². The number of rotatable bonds is 10. The second-order valence-electron chi connectivity index (χ2n) is 11.1. The molecule has 0 fully saturated rings. The number of halogens is 3. The van der Waals surface area contributed by atoms with Crippen LogP contribution in [0.3, 0.4) is 0 Å². The number of carboxylic acid groups (broad SMARTS) is 1. The highest BCUT2D eigenvalue weighted by Crippen LogP contribution is 2.45. The summed E-state index contributed by atoms with van der Waals surface area (Å²) in [7, 11) is 0. The number of carboxylic acids is 1. The Morgan fingerprint density at radius 2 is 1.09 bits per heavy atom. The number of anilines is 8. The molecule has 0 amide bonds. The van der Waals surface area contributed by atoms with Gasteiger partial charge in [-0.3, -0.25) is 4.79 Å². The summed E-state index contributed by atoms with van der Waals surface area (Å²) in [6, 6.07) is 23.4. The second kappa shape index (κ2) is 16.0. The number of aromatic nitrogens is 4. The maximum absolute atomic E-state index is 11.3. The molecule has 0 saturated heterocycles. The summed E-state index contributed by atoms with van der Waals surface area (Å²) in [5, 5.41) is 21.7. The van der Waals surface area contributed by atoms with E-state index in [0.717, 1.165) is 0 Å². The molecule has 0 atom stereocenters. The Morgan fingerprint density at radius 3 is 1.57 bits per heavy atom. The van der Waals surface area contributed by atoms with Crippen molar-refractivity contribution in [2.75, 3.05) is 34.9 Å². The van der Waals surface area contributed by atoms with Gasteiger partial charge in [0.1, 0.15) is 23.0 Å². The quantitative estimate of drug-likeness (QED) is 0.0827. The summed E-state index contributed by atoms with van der Waals surface area (Å²) in [6.07, 6.45) is 3.15. The molecule has 18 heteroatoms. The van der Waals surface area contributed by atoms with Crippen LogP contribution < -0.4 is 40.2 Å². The van der Waals surface area contributed by atoms with Gasteiger partial charge in [-0.05, 0) is 84.4 Å². The molecule has 8 rings (SSSR count). The standard InChI is InChI=1S/C18H12Cl2N4O3.C18H13ClN4O4/c19-12-4-5-13-16(27-9-26-13)15(12)23-14-6-7-21-18(24-14)22-11-3-1-2-10(8-11)17(20)25;19-12-4-5-13-16(27-9-26-13)15(12)22-14-6-7-20-18(23-14)21-11-3-1-2-10(8-11)17(24)25/h1-8H,9H2,(H2,21,22,23,24);1-8H,9H2,(H,24,25)(H2,20,21,22,23). The fourth-order valence-electron chi connectivity index (χ4n) is 5.07. The SMILES string of the molecule is O=C(Cl)c1cccc(Nc2nccc(Nc3c(Cl)ccc4c3OCO4)n2)c1.O=C(O)c1cccc(Nc2nccc(Nc3c(Cl)ccc4c3OCO4)n2)c1. The maximum Gasteiger partial charge on any atom is 0.335 e. The zero-order valence-electron chi connectivity index (χ0n) is 27.5. The Morgan fingerprint density at radius 1 is 0.611 bits per heavy atom. The van der Waals surface area contributed by atoms with E-state index in [1.807, 2.05) is 0 Å². The third-order valence-corrected chi connectivity index (χ3v) is 8.35. The average Bonchev–Trinajstić information content (AvgIpc) is 3.86. The maximum atomic E-state index is 11.3. The van der Waals surface area contributed by atoms with Crippen LogP contribution in [0.2, 0.25) is 10.0 Å². The summed E-state index contributed by atoms with van der Waals surface area (Å²) in [4.78, 5) is 39.5. The van der Waals surface area contributed by atoms with Gasteiger partial charge in [-0.1, -0.05) is 35.3 Å². The Bertz CT molecular complexity index is 2220. The molecule has 5 N–H and O–H groups in total. The van der Waals surface area contributed by atoms with Crippen LogP contribution in [0.1, 0.15) is 20.7 Å². The number of nitrogens with one attached hydrogen (secondary N) is 4. The molecule has 0 radical (unpaired) electrons. The van der Waals surface area contributed by atoms with Gasteiger partial charge >= 0.3 is 5.97 Å². The topological polar surface area (TPSA) is 191 Å². The molecule has 2 aromatic heterocycles. The second-order valence-corrected chi connectivity index (χ2v) is 12.2. The van der Waals surface area contributed by atoms with E-state index >= 15 is 0 Å². The Balaban J connectivity index is 0.000000167. The molecule has 4 heterocycles. The van der Waals surface area contributed by atoms with Gasteiger partial charge in [0.15, 0.2) is 23.0 Å². The number of carbonyl (C=O) groups is 2. The molecule has 0 unspecified atom stereocenters. The van der Waals surface area contributed by atoms with Gasteiger partial charge in [-0.15, -0.1) is 0 Å². The first-order valence-electron chi connectivity index (χ1n) is 15.7. The number of aromatic carboxylic acids is 1. The molecular formula is C36H25Cl3N8O7. The van der Waals surface area contributed by atoms with Crippen LogP contribution in [-0.2, 0) is 0 Å². The van der Waals surface area contributed by atoms with Crippen molar-refractivity contribution in [3.05, 3.63) is 118 Å². The van der Waals surface area contributed by atoms with Crippen LogP contribution in [0.15, 0.2) is 97.3 Å². The summed E-state index contributed by atoms with van der Waals surface area (Å²) in [5.41, 5.74) is 2.84. The number of hydrogen-bond acceptors (Lipinski definition) is 14. The molecule has 0 spiro atoms. The largest absolute Gasteiger partial charge is 0.478 e. The first kappa shape index (κ1) is 35.8. The lowest BCUT2D eigenvalue weighted by molar-refractivity contribution is 0.0696. The minimum absolute atomic E-state index is 0.126. The summed E-state index contributed by atoms with van der Waals surface area (Å²) in [5.74, 6) is 2.86. The van der Waals surface area contributed by atoms with E-state index in [-0.39, 0.29) is 19.1 Å². The molecule has 0 aliphatic carbocycles. The van der Waals surface area contributed by atoms with Crippen molar-refractivity contribution in [3.63, 3.8) is 0 Å². The van der Waals surface area contributed by atoms with E-state index in [1.54, 1.807) is 85.2 Å². The van der Waals surface area contributed by atoms with E-state index in [1.165, 1.54) is 12.1 Å². The average molecular weight is 788 g/mol. The molecule has 6 aromatic rings. The first-order valence-corrected chi connectivity index (χ1v) is 16.9. The summed E-state index contributed by atoms with van der Waals surface area (Å²) >= 11 is 18.0. The lowest BCUT2D eigenvalue weighted by atomic mass is 10.2. The predicted molar refractivity (Wildman–Crippen MR) is 202 cm³/mol. The highest BCUT2D eigenvalue weighted by atomic mass is 35.5. The van der Waals surface area contributed by atoms with Gasteiger partial charge in [-0.2, -0.15) is 9.97 Å². The van der Waals surface area contributed by atoms with Crippen molar-refractivity contribution in [2.45, 2.75) is 0 Å². The van der Waals surface area contributed by atoms with Gasteiger partial charge in [0.2, 0.25) is 25.5 Å². The Labute approximate surface area is 321 Å². The smallest absolute Gasteiger partial charge is 0.335 e. The fraction of sp³-hybridized carbons (Fsp3) is 0.0556. The highest BCUT2D eigenvalue weighted by Gasteiger charge is 2.22. The van der Waals surface area contributed by atoms with Crippen LogP contribution in [-0.4, -0.2) is 49.8 Å². The summed E-state index contributed by atoms with van der Waals surface area (Å²) in [6.45, 7) is 0.261. The fourth-order valence-corrected chi connectivity index (χ4v) is 5.58. The molecule has 4 aromatic carbocycles. The zero-order valence-corrected chi connectivity index (χ0v) is 29.7. The summed E-state index contributed by atoms with van der Waals surface area (Å²) < 4.78 is 21.6. The third-order valence-electron chi connectivity index (χ3n) is 7.51. The van der Waals surface area contributed by atoms with Crippen molar-refractivity contribution < 1.29 is 33.6 Å². The molecule has 272 valence electrons. The van der Waals surface area contributed by atoms with Gasteiger partial charge < -0.3 is 45.3 Å². The molecule has 0 saturated carbocycles. The number of benzene rings is 4. The van der Waals surface area contributed by atoms with Crippen LogP contribution >= 0.6 is 34.8 Å². The normalized spacial score (nSPS) is 11.9. The molecular weight excluding hydrogens is 763 g/mol. The van der Waals surface area contributed by atoms with E-state index in [2.05, 4.69) is 41.2 Å². The third kappa shape index (κ3) is 8.39. The van der Waals surface area contributed by atoms with Crippen molar-refractivity contribution >= 4 is 92.3 Å². The number of fused-ring (bicyclic) bond motifs is 2.